The molecule has 0 spiro atoms. The zero-order valence-electron chi connectivity index (χ0n) is 19.3. The molecule has 3 N–H and O–H groups in total. The summed E-state index contributed by atoms with van der Waals surface area (Å²) in [6.07, 6.45) is 2.53. The molecule has 11 nitrogen and oxygen atoms in total. The van der Waals surface area contributed by atoms with Gasteiger partial charge in [-0.2, -0.15) is 14.6 Å². The molecule has 0 fully saturated rings. The zero-order valence-corrected chi connectivity index (χ0v) is 19.3. The van der Waals surface area contributed by atoms with Gasteiger partial charge in [-0.15, -0.1) is 0 Å². The molecule has 0 bridgehead atoms. The Bertz CT molecular complexity index is 1580. The summed E-state index contributed by atoms with van der Waals surface area (Å²) in [7, 11) is 0. The average molecular weight is 501 g/mol. The number of carbonyl (C=O) groups excluding carboxylic acids is 3. The number of amides is 3. The third-order valence-corrected chi connectivity index (χ3v) is 6.34. The van der Waals surface area contributed by atoms with Crippen LogP contribution in [0.25, 0.3) is 5.78 Å². The van der Waals surface area contributed by atoms with E-state index in [0.29, 0.717) is 24.3 Å². The van der Waals surface area contributed by atoms with E-state index < -0.39 is 11.8 Å². The number of ether oxygens (including phenoxy) is 1. The molecule has 2 aromatic heterocycles. The minimum atomic E-state index is -0.515. The minimum absolute atomic E-state index is 0.00543. The molecule has 3 heterocycles. The van der Waals surface area contributed by atoms with Crippen LogP contribution in [0.15, 0.2) is 48.8 Å². The van der Waals surface area contributed by atoms with Crippen LogP contribution in [0, 0.1) is 5.82 Å². The molecule has 0 saturated heterocycles. The Balaban J connectivity index is 1.20. The molecule has 186 valence electrons. The molecule has 1 atom stereocenters. The van der Waals surface area contributed by atoms with Crippen molar-refractivity contribution in [1.29, 1.82) is 0 Å². The van der Waals surface area contributed by atoms with Crippen LogP contribution in [-0.2, 0) is 17.8 Å². The molecule has 6 rings (SSSR count). The fourth-order valence-electron chi connectivity index (χ4n) is 4.57. The van der Waals surface area contributed by atoms with E-state index in [4.69, 9.17) is 4.74 Å². The first kappa shape index (κ1) is 22.6. The molecule has 0 saturated carbocycles. The van der Waals surface area contributed by atoms with Gasteiger partial charge in [-0.05, 0) is 53.8 Å². The van der Waals surface area contributed by atoms with Crippen molar-refractivity contribution in [3.8, 4) is 5.75 Å². The zero-order chi connectivity index (χ0) is 25.5. The molecule has 2 aliphatic rings. The van der Waals surface area contributed by atoms with Crippen molar-refractivity contribution >= 4 is 29.2 Å². The lowest BCUT2D eigenvalue weighted by Crippen LogP contribution is -2.30. The highest BCUT2D eigenvalue weighted by atomic mass is 19.1. The van der Waals surface area contributed by atoms with Crippen LogP contribution in [0.5, 0.6) is 5.75 Å². The minimum Gasteiger partial charge on any atom is -0.482 e. The molecular formula is C25H20FN7O4. The third-order valence-electron chi connectivity index (χ3n) is 6.34. The van der Waals surface area contributed by atoms with Crippen LogP contribution >= 0.6 is 0 Å². The van der Waals surface area contributed by atoms with Crippen molar-refractivity contribution in [3.05, 3.63) is 82.7 Å². The number of hydrogen-bond acceptors (Lipinski definition) is 7. The molecule has 0 radical (unpaired) electrons. The Kier molecular flexibility index (Phi) is 5.48. The largest absolute Gasteiger partial charge is 0.482 e. The van der Waals surface area contributed by atoms with Gasteiger partial charge >= 0.3 is 0 Å². The van der Waals surface area contributed by atoms with E-state index >= 15 is 0 Å². The van der Waals surface area contributed by atoms with Gasteiger partial charge in [0, 0.05) is 12.6 Å². The first-order chi connectivity index (χ1) is 17.9. The molecule has 2 aromatic carbocycles. The van der Waals surface area contributed by atoms with Gasteiger partial charge in [-0.1, -0.05) is 12.1 Å². The van der Waals surface area contributed by atoms with Gasteiger partial charge in [0.05, 0.1) is 11.7 Å². The monoisotopic (exact) mass is 501 g/mol. The molecule has 3 amide bonds. The molecule has 37 heavy (non-hydrogen) atoms. The Morgan fingerprint density at radius 3 is 2.95 bits per heavy atom. The third kappa shape index (κ3) is 4.33. The van der Waals surface area contributed by atoms with Crippen LogP contribution in [-0.4, -0.2) is 43.9 Å². The Hall–Kier alpha value is -4.87. The van der Waals surface area contributed by atoms with Crippen LogP contribution in [0.1, 0.15) is 50.1 Å². The lowest BCUT2D eigenvalue weighted by molar-refractivity contribution is -0.118. The van der Waals surface area contributed by atoms with E-state index in [-0.39, 0.29) is 48.1 Å². The molecule has 4 aromatic rings. The SMILES string of the molecule is O=C1COc2ccc(CNC(=O)c3cc(C(=O)NC4CCc5cc(F)ccc54)n4ncnc4n3)cc2N1. The summed E-state index contributed by atoms with van der Waals surface area (Å²) in [5.41, 5.74) is 3.07. The number of halogens is 1. The number of rotatable bonds is 5. The summed E-state index contributed by atoms with van der Waals surface area (Å²) in [4.78, 5) is 46.0. The number of fused-ring (bicyclic) bond motifs is 3. The van der Waals surface area contributed by atoms with Gasteiger partial charge in [-0.3, -0.25) is 14.4 Å². The molecule has 1 aliphatic carbocycles. The average Bonchev–Trinajstić information content (AvgIpc) is 3.53. The highest BCUT2D eigenvalue weighted by molar-refractivity contribution is 5.98. The highest BCUT2D eigenvalue weighted by Gasteiger charge is 2.27. The summed E-state index contributed by atoms with van der Waals surface area (Å²) in [5.74, 6) is -0.884. The van der Waals surface area contributed by atoms with E-state index in [1.165, 1.54) is 29.0 Å². The van der Waals surface area contributed by atoms with Gasteiger partial charge in [0.2, 0.25) is 0 Å². The molecular weight excluding hydrogens is 481 g/mol. The van der Waals surface area contributed by atoms with E-state index in [1.807, 2.05) is 0 Å². The number of nitrogens with one attached hydrogen (secondary N) is 3. The summed E-state index contributed by atoms with van der Waals surface area (Å²) in [5, 5.41) is 12.5. The maximum atomic E-state index is 13.6. The topological polar surface area (TPSA) is 140 Å². The number of nitrogens with zero attached hydrogens (tertiary/aromatic N) is 4. The van der Waals surface area contributed by atoms with Crippen LogP contribution in [0.2, 0.25) is 0 Å². The van der Waals surface area contributed by atoms with Gasteiger partial charge in [0.1, 0.15) is 29.3 Å². The van der Waals surface area contributed by atoms with Gasteiger partial charge in [0.25, 0.3) is 23.5 Å². The first-order valence-electron chi connectivity index (χ1n) is 11.6. The summed E-state index contributed by atoms with van der Waals surface area (Å²) < 4.78 is 20.2. The quantitative estimate of drug-likeness (QED) is 0.380. The first-order valence-corrected chi connectivity index (χ1v) is 11.6. The van der Waals surface area contributed by atoms with Crippen molar-refractivity contribution < 1.29 is 23.5 Å². The van der Waals surface area contributed by atoms with Crippen LogP contribution in [0.3, 0.4) is 0 Å². The van der Waals surface area contributed by atoms with E-state index in [9.17, 15) is 18.8 Å². The number of carbonyl (C=O) groups is 3. The van der Waals surface area contributed by atoms with Crippen molar-refractivity contribution in [2.45, 2.75) is 25.4 Å². The van der Waals surface area contributed by atoms with Gasteiger partial charge in [-0.25, -0.2) is 9.37 Å². The normalized spacial score (nSPS) is 15.9. The smallest absolute Gasteiger partial charge is 0.270 e. The van der Waals surface area contributed by atoms with Crippen LogP contribution < -0.4 is 20.7 Å². The maximum absolute atomic E-state index is 13.6. The molecule has 1 aliphatic heterocycles. The molecule has 1 unspecified atom stereocenters. The lowest BCUT2D eigenvalue weighted by Gasteiger charge is -2.18. The summed E-state index contributed by atoms with van der Waals surface area (Å²) in [6.45, 7) is 0.111. The number of hydrogen-bond donors (Lipinski definition) is 3. The Morgan fingerprint density at radius 2 is 2.05 bits per heavy atom. The second kappa shape index (κ2) is 8.97. The fraction of sp³-hybridized carbons (Fsp3) is 0.200. The van der Waals surface area contributed by atoms with E-state index in [2.05, 4.69) is 31.0 Å². The summed E-state index contributed by atoms with van der Waals surface area (Å²) in [6, 6.07) is 10.8. The Morgan fingerprint density at radius 1 is 1.16 bits per heavy atom. The Labute approximate surface area is 209 Å². The van der Waals surface area contributed by atoms with Crippen LogP contribution in [0.4, 0.5) is 10.1 Å². The van der Waals surface area contributed by atoms with Gasteiger partial charge < -0.3 is 20.7 Å². The number of aryl methyl sites for hydroxylation is 1. The van der Waals surface area contributed by atoms with E-state index in [1.54, 1.807) is 24.3 Å². The lowest BCUT2D eigenvalue weighted by atomic mass is 10.1. The van der Waals surface area contributed by atoms with Gasteiger partial charge in [0.15, 0.2) is 6.61 Å². The highest BCUT2D eigenvalue weighted by Crippen LogP contribution is 2.32. The van der Waals surface area contributed by atoms with E-state index in [0.717, 1.165) is 16.7 Å². The number of aromatic nitrogens is 4. The number of benzene rings is 2. The standard InChI is InChI=1S/C25H20FN7O4/c26-15-3-4-16-14(8-15)2-5-17(16)31-24(36)20-9-19(32-25-28-12-29-33(20)25)23(35)27-10-13-1-6-21-18(7-13)30-22(34)11-37-21/h1,3-4,6-9,12,17H,2,5,10-11H2,(H,27,35)(H,30,34)(H,31,36). The molecule has 12 heteroatoms. The number of anilines is 1. The van der Waals surface area contributed by atoms with Crippen molar-refractivity contribution in [1.82, 2.24) is 30.2 Å². The second-order valence-corrected chi connectivity index (χ2v) is 8.76. The maximum Gasteiger partial charge on any atom is 0.270 e. The fourth-order valence-corrected chi connectivity index (χ4v) is 4.57. The predicted molar refractivity (Wildman–Crippen MR) is 127 cm³/mol. The summed E-state index contributed by atoms with van der Waals surface area (Å²) >= 11 is 0. The predicted octanol–water partition coefficient (Wildman–Crippen LogP) is 1.94. The second-order valence-electron chi connectivity index (χ2n) is 8.76. The van der Waals surface area contributed by atoms with Crippen molar-refractivity contribution in [2.75, 3.05) is 11.9 Å². The van der Waals surface area contributed by atoms with Crippen molar-refractivity contribution in [3.63, 3.8) is 0 Å². The van der Waals surface area contributed by atoms with Crippen molar-refractivity contribution in [2.24, 2.45) is 0 Å².